The zero-order valence-corrected chi connectivity index (χ0v) is 13.8. The Hall–Kier alpha value is -3.28. The van der Waals surface area contributed by atoms with Crippen LogP contribution in [0.4, 0.5) is 0 Å². The van der Waals surface area contributed by atoms with E-state index in [0.717, 1.165) is 22.3 Å². The van der Waals surface area contributed by atoms with E-state index < -0.39 is 0 Å². The predicted octanol–water partition coefficient (Wildman–Crippen LogP) is 1.34. The van der Waals surface area contributed by atoms with Gasteiger partial charge in [0.05, 0.1) is 22.3 Å². The largest absolute Gasteiger partial charge is 0.288 e. The maximum absolute atomic E-state index is 12.3. The van der Waals surface area contributed by atoms with Gasteiger partial charge in [0.1, 0.15) is 0 Å². The first kappa shape index (κ1) is 15.0. The minimum Gasteiger partial charge on any atom is -0.288 e. The van der Waals surface area contributed by atoms with Crippen LogP contribution in [0.1, 0.15) is 63.7 Å². The molecule has 6 heteroatoms. The fourth-order valence-electron chi connectivity index (χ4n) is 4.24. The van der Waals surface area contributed by atoms with E-state index in [1.165, 1.54) is 0 Å². The average molecular weight is 346 g/mol. The number of rotatable bonds is 0. The van der Waals surface area contributed by atoms with Crippen molar-refractivity contribution < 1.29 is 19.2 Å². The topological polar surface area (TPSA) is 92.3 Å². The van der Waals surface area contributed by atoms with Crippen molar-refractivity contribution >= 4 is 23.6 Å². The van der Waals surface area contributed by atoms with Crippen LogP contribution in [-0.2, 0) is 25.7 Å². The van der Waals surface area contributed by atoms with Crippen molar-refractivity contribution in [3.05, 3.63) is 68.8 Å². The van der Waals surface area contributed by atoms with Crippen molar-refractivity contribution in [2.45, 2.75) is 25.7 Å². The summed E-state index contributed by atoms with van der Waals surface area (Å²) in [5.74, 6) is -1.42. The molecule has 4 amide bonds. The van der Waals surface area contributed by atoms with Crippen molar-refractivity contribution in [3.63, 3.8) is 0 Å². The summed E-state index contributed by atoms with van der Waals surface area (Å²) in [6.45, 7) is 0. The Morgan fingerprint density at radius 2 is 0.692 bits per heavy atom. The minimum absolute atomic E-state index is 0.356. The maximum atomic E-state index is 12.3. The number of aryl methyl sites for hydroxylation is 4. The van der Waals surface area contributed by atoms with Gasteiger partial charge in [0.25, 0.3) is 23.6 Å². The van der Waals surface area contributed by atoms with Gasteiger partial charge in [-0.3, -0.25) is 29.8 Å². The molecule has 2 aromatic rings. The number of amides is 4. The summed E-state index contributed by atoms with van der Waals surface area (Å²) in [6.07, 6.45) is 2.04. The number of nitrogens with one attached hydrogen (secondary N) is 2. The molecule has 0 saturated carbocycles. The zero-order valence-electron chi connectivity index (χ0n) is 13.8. The van der Waals surface area contributed by atoms with Gasteiger partial charge < -0.3 is 0 Å². The Bertz CT molecular complexity index is 900. The molecule has 0 saturated heterocycles. The van der Waals surface area contributed by atoms with Gasteiger partial charge in [-0.05, 0) is 47.9 Å². The molecule has 2 aliphatic heterocycles. The van der Waals surface area contributed by atoms with E-state index in [1.807, 2.05) is 24.3 Å². The lowest BCUT2D eigenvalue weighted by Crippen LogP contribution is -2.21. The molecule has 6 rings (SSSR count). The average Bonchev–Trinajstić information content (AvgIpc) is 3.07. The van der Waals surface area contributed by atoms with Gasteiger partial charge in [-0.15, -0.1) is 0 Å². The molecular weight excluding hydrogens is 332 g/mol. The fraction of sp³-hybridized carbons (Fsp3) is 0.200. The van der Waals surface area contributed by atoms with Gasteiger partial charge in [-0.2, -0.15) is 0 Å². The van der Waals surface area contributed by atoms with Crippen LogP contribution in [0.25, 0.3) is 0 Å². The highest BCUT2D eigenvalue weighted by molar-refractivity contribution is 6.23. The molecule has 0 aromatic heterocycles. The number of hydrogen-bond acceptors (Lipinski definition) is 4. The maximum Gasteiger partial charge on any atom is 0.259 e. The second-order valence-corrected chi connectivity index (χ2v) is 6.83. The first-order chi connectivity index (χ1) is 12.5. The van der Waals surface area contributed by atoms with Crippen molar-refractivity contribution in [2.24, 2.45) is 0 Å². The Morgan fingerprint density at radius 1 is 0.462 bits per heavy atom. The van der Waals surface area contributed by atoms with E-state index >= 15 is 0 Å². The SMILES string of the molecule is O=C1NC(=O)c2c3ccc(c21)CCc1ccc(c2c1C(=O)NC2=O)CC3. The number of carbonyl (C=O) groups is 4. The second kappa shape index (κ2) is 5.11. The molecule has 26 heavy (non-hydrogen) atoms. The van der Waals surface area contributed by atoms with Crippen LogP contribution in [0.15, 0.2) is 24.3 Å². The quantitative estimate of drug-likeness (QED) is 0.704. The van der Waals surface area contributed by atoms with Gasteiger partial charge in [-0.1, -0.05) is 24.3 Å². The third-order valence-corrected chi connectivity index (χ3v) is 5.45. The molecular formula is C20H14N2O4. The number of hydrogen-bond donors (Lipinski definition) is 2. The molecule has 6 nitrogen and oxygen atoms in total. The van der Waals surface area contributed by atoms with Crippen LogP contribution in [0.5, 0.6) is 0 Å². The summed E-state index contributed by atoms with van der Waals surface area (Å²) < 4.78 is 0. The molecule has 2 heterocycles. The summed E-state index contributed by atoms with van der Waals surface area (Å²) in [5.41, 5.74) is 4.98. The highest BCUT2D eigenvalue weighted by Gasteiger charge is 2.35. The van der Waals surface area contributed by atoms with Crippen molar-refractivity contribution in [1.29, 1.82) is 0 Å². The molecule has 4 bridgehead atoms. The van der Waals surface area contributed by atoms with Gasteiger partial charge in [0, 0.05) is 0 Å². The van der Waals surface area contributed by atoms with Gasteiger partial charge in [0.2, 0.25) is 0 Å². The number of imide groups is 2. The van der Waals surface area contributed by atoms with Gasteiger partial charge >= 0.3 is 0 Å². The van der Waals surface area contributed by atoms with E-state index in [1.54, 1.807) is 0 Å². The first-order valence-electron chi connectivity index (χ1n) is 8.55. The summed E-state index contributed by atoms with van der Waals surface area (Å²) in [5, 5.41) is 4.78. The van der Waals surface area contributed by atoms with Crippen LogP contribution < -0.4 is 10.6 Å². The normalized spacial score (nSPS) is 17.5. The van der Waals surface area contributed by atoms with Crippen LogP contribution in [0.3, 0.4) is 0 Å². The minimum atomic E-state index is -0.356. The lowest BCUT2D eigenvalue weighted by molar-refractivity contribution is 0.0862. The molecule has 0 fully saturated rings. The van der Waals surface area contributed by atoms with Crippen molar-refractivity contribution in [2.75, 3.05) is 0 Å². The molecule has 0 atom stereocenters. The third kappa shape index (κ3) is 1.92. The second-order valence-electron chi connectivity index (χ2n) is 6.83. The zero-order chi connectivity index (χ0) is 18.0. The number of fused-ring (bicyclic) bond motifs is 4. The molecule has 2 aromatic carbocycles. The van der Waals surface area contributed by atoms with Crippen LogP contribution in [-0.4, -0.2) is 23.6 Å². The lowest BCUT2D eigenvalue weighted by atomic mass is 9.86. The highest BCUT2D eigenvalue weighted by Crippen LogP contribution is 2.31. The van der Waals surface area contributed by atoms with E-state index in [2.05, 4.69) is 10.6 Å². The molecule has 0 spiro atoms. The summed E-state index contributed by atoms with van der Waals surface area (Å²) in [6, 6.07) is 7.58. The van der Waals surface area contributed by atoms with Crippen LogP contribution in [0.2, 0.25) is 0 Å². The molecule has 2 N–H and O–H groups in total. The fourth-order valence-corrected chi connectivity index (χ4v) is 4.24. The van der Waals surface area contributed by atoms with Crippen molar-refractivity contribution in [3.8, 4) is 0 Å². The van der Waals surface area contributed by atoms with E-state index in [-0.39, 0.29) is 23.6 Å². The molecule has 0 radical (unpaired) electrons. The Labute approximate surface area is 148 Å². The molecule has 4 aliphatic rings. The van der Waals surface area contributed by atoms with E-state index in [0.29, 0.717) is 47.9 Å². The Balaban J connectivity index is 1.71. The van der Waals surface area contributed by atoms with Crippen molar-refractivity contribution in [1.82, 2.24) is 10.6 Å². The van der Waals surface area contributed by atoms with Crippen LogP contribution in [0, 0.1) is 0 Å². The smallest absolute Gasteiger partial charge is 0.259 e. The molecule has 128 valence electrons. The number of benzene rings is 2. The van der Waals surface area contributed by atoms with E-state index in [9.17, 15) is 19.2 Å². The monoisotopic (exact) mass is 346 g/mol. The third-order valence-electron chi connectivity index (χ3n) is 5.45. The molecule has 0 unspecified atom stereocenters. The van der Waals surface area contributed by atoms with Gasteiger partial charge in [-0.25, -0.2) is 0 Å². The summed E-state index contributed by atoms with van der Waals surface area (Å²) in [7, 11) is 0. The van der Waals surface area contributed by atoms with E-state index in [4.69, 9.17) is 0 Å². The van der Waals surface area contributed by atoms with Crippen LogP contribution >= 0.6 is 0 Å². The summed E-state index contributed by atoms with van der Waals surface area (Å²) in [4.78, 5) is 49.0. The lowest BCUT2D eigenvalue weighted by Gasteiger charge is -2.15. The Kier molecular flexibility index (Phi) is 2.95. The summed E-state index contributed by atoms with van der Waals surface area (Å²) >= 11 is 0. The number of carbonyl (C=O) groups excluding carboxylic acids is 4. The standard InChI is InChI=1S/C20H14N2O4/c23-17-13-9-1-2-10(14(13)18(24)21-17)7-8-12-4-3-11(6-5-9)15-16(12)20(26)22-19(15)25/h1-4H,5-8H2,(H,21,23,24)(H,22,25,26). The Morgan fingerprint density at radius 3 is 0.923 bits per heavy atom. The predicted molar refractivity (Wildman–Crippen MR) is 91.3 cm³/mol. The van der Waals surface area contributed by atoms with Gasteiger partial charge in [0.15, 0.2) is 0 Å². The molecule has 2 aliphatic carbocycles. The highest BCUT2D eigenvalue weighted by atomic mass is 16.2. The first-order valence-corrected chi connectivity index (χ1v) is 8.55.